The summed E-state index contributed by atoms with van der Waals surface area (Å²) < 4.78 is 0. The maximum absolute atomic E-state index is 13.5. The number of primary amides is 1. The van der Waals surface area contributed by atoms with Crippen molar-refractivity contribution in [1.82, 2.24) is 35.9 Å². The summed E-state index contributed by atoms with van der Waals surface area (Å²) in [7, 11) is 0. The van der Waals surface area contributed by atoms with E-state index in [0.717, 1.165) is 0 Å². The summed E-state index contributed by atoms with van der Waals surface area (Å²) in [6.45, 7) is 7.08. The van der Waals surface area contributed by atoms with Gasteiger partial charge in [0, 0.05) is 92.4 Å². The second-order valence-corrected chi connectivity index (χ2v) is 15.6. The Bertz CT molecular complexity index is 1850. The number of hydrogen-bond acceptors (Lipinski definition) is 13. The van der Waals surface area contributed by atoms with E-state index in [1.54, 1.807) is 13.1 Å². The van der Waals surface area contributed by atoms with Crippen molar-refractivity contribution in [1.29, 1.82) is 0 Å². The first-order valence-corrected chi connectivity index (χ1v) is 20.0. The second kappa shape index (κ2) is 24.8. The van der Waals surface area contributed by atoms with Gasteiger partial charge >= 0.3 is 11.9 Å². The molecule has 21 nitrogen and oxygen atoms in total. The lowest BCUT2D eigenvalue weighted by atomic mass is 9.89. The molecule has 9 atom stereocenters. The molecule has 21 heteroatoms. The highest BCUT2D eigenvalue weighted by Gasteiger charge is 2.34. The van der Waals surface area contributed by atoms with E-state index in [2.05, 4.69) is 35.9 Å². The molecular formula is C40H58N8O13. The fraction of sp³-hybridized carbons (Fsp3) is 0.600. The Morgan fingerprint density at radius 1 is 0.607 bits per heavy atom. The van der Waals surface area contributed by atoms with Gasteiger partial charge in [-0.15, -0.1) is 0 Å². The van der Waals surface area contributed by atoms with E-state index in [-0.39, 0.29) is 44.3 Å². The molecule has 0 fully saturated rings. The number of nitrogens with one attached hydrogen (secondary N) is 5. The van der Waals surface area contributed by atoms with Gasteiger partial charge in [-0.2, -0.15) is 0 Å². The van der Waals surface area contributed by atoms with Crippen LogP contribution in [0, 0.1) is 29.6 Å². The van der Waals surface area contributed by atoms with Crippen molar-refractivity contribution in [2.45, 2.75) is 123 Å². The van der Waals surface area contributed by atoms with Crippen LogP contribution in [-0.4, -0.2) is 118 Å². The number of ketones is 4. The van der Waals surface area contributed by atoms with Crippen LogP contribution in [-0.2, 0) is 60.8 Å². The van der Waals surface area contributed by atoms with E-state index in [1.165, 1.54) is 46.5 Å². The van der Waals surface area contributed by atoms with E-state index < -0.39 is 126 Å². The van der Waals surface area contributed by atoms with Gasteiger partial charge in [0.15, 0.2) is 17.3 Å². The SMILES string of the molecule is C[C@H](Cc1cnc[nH]1)C(=O)C[C@H](CCC(=O)O)C(=O)N[C@H](C)C(=O)C[C@H](C)C(=O)N[C@H](C)C(=O)C[C@@H](C(=O)N[C@H](Cc1cnc[nH]1)C(=O)C[C@H](CCC(=O)O)C(N)=O)[C@H](C)O. The zero-order valence-corrected chi connectivity index (χ0v) is 35.0. The number of aliphatic hydroxyl groups excluding tert-OH is 1. The van der Waals surface area contributed by atoms with Crippen LogP contribution in [0.4, 0.5) is 0 Å². The van der Waals surface area contributed by atoms with Gasteiger partial charge in [-0.05, 0) is 40.0 Å². The highest BCUT2D eigenvalue weighted by molar-refractivity contribution is 5.97. The van der Waals surface area contributed by atoms with Crippen molar-refractivity contribution < 1.29 is 63.3 Å². The zero-order chi connectivity index (χ0) is 46.0. The van der Waals surface area contributed by atoms with E-state index in [4.69, 9.17) is 10.8 Å². The van der Waals surface area contributed by atoms with E-state index in [9.17, 15) is 58.2 Å². The third-order valence-corrected chi connectivity index (χ3v) is 10.4. The van der Waals surface area contributed by atoms with Crippen LogP contribution in [0.1, 0.15) is 97.4 Å². The van der Waals surface area contributed by atoms with Gasteiger partial charge in [0.1, 0.15) is 5.78 Å². The van der Waals surface area contributed by atoms with Gasteiger partial charge in [0.05, 0.1) is 42.8 Å². The lowest BCUT2D eigenvalue weighted by molar-refractivity contribution is -0.139. The number of Topliss-reactive ketones (excluding diaryl/α,β-unsaturated/α-hetero) is 4. The lowest BCUT2D eigenvalue weighted by Crippen LogP contribution is -2.49. The normalized spacial score (nSPS) is 15.6. The number of H-pyrrole nitrogens is 2. The molecule has 0 aliphatic carbocycles. The standard InChI is InChI=1S/C40H58N8O13/c1-20(10-27-16-42-18-44-27)31(50)13-26(7-9-36(56)57)39(60)47-22(3)32(51)11-21(2)38(59)46-23(4)33(52)15-29(24(5)49)40(61)48-30(14-28-17-43-19-45-28)34(53)12-25(37(41)58)6-8-35(54)55/h16-26,29-30,49H,6-15H2,1-5H3,(H2,41,58)(H,42,44)(H,43,45)(H,46,59)(H,47,60)(H,48,61)(H,54,55)(H,56,57)/t20-,21+,22-,23-,24+,25+,26+,29-,30-/m1/s1. The molecule has 0 spiro atoms. The molecule has 0 radical (unpaired) electrons. The molecule has 336 valence electrons. The van der Waals surface area contributed by atoms with E-state index in [0.29, 0.717) is 17.8 Å². The van der Waals surface area contributed by atoms with Crippen molar-refractivity contribution in [3.05, 3.63) is 36.4 Å². The Morgan fingerprint density at radius 2 is 1.10 bits per heavy atom. The number of hydrogen-bond donors (Lipinski definition) is 9. The molecule has 0 bridgehead atoms. The quantitative estimate of drug-likeness (QED) is 0.0498. The summed E-state index contributed by atoms with van der Waals surface area (Å²) >= 11 is 0. The fourth-order valence-electron chi connectivity index (χ4n) is 6.37. The van der Waals surface area contributed by atoms with E-state index in [1.807, 2.05) is 0 Å². The molecule has 0 aliphatic heterocycles. The summed E-state index contributed by atoms with van der Waals surface area (Å²) in [4.78, 5) is 140. The monoisotopic (exact) mass is 858 g/mol. The number of carbonyl (C=O) groups is 10. The molecule has 61 heavy (non-hydrogen) atoms. The Kier molecular flexibility index (Phi) is 20.8. The molecular weight excluding hydrogens is 800 g/mol. The van der Waals surface area contributed by atoms with Crippen LogP contribution in [0.3, 0.4) is 0 Å². The van der Waals surface area contributed by atoms with Crippen molar-refractivity contribution in [2.75, 3.05) is 0 Å². The number of aliphatic carboxylic acids is 2. The number of amides is 4. The lowest BCUT2D eigenvalue weighted by Gasteiger charge is -2.25. The third-order valence-electron chi connectivity index (χ3n) is 10.4. The summed E-state index contributed by atoms with van der Waals surface area (Å²) in [6.07, 6.45) is 1.68. The van der Waals surface area contributed by atoms with Crippen molar-refractivity contribution in [3.63, 3.8) is 0 Å². The smallest absolute Gasteiger partial charge is 0.303 e. The van der Waals surface area contributed by atoms with Gasteiger partial charge in [0.2, 0.25) is 23.6 Å². The van der Waals surface area contributed by atoms with Crippen LogP contribution in [0.2, 0.25) is 0 Å². The van der Waals surface area contributed by atoms with Crippen LogP contribution >= 0.6 is 0 Å². The number of nitrogens with two attached hydrogens (primary N) is 1. The number of aliphatic hydroxyl groups is 1. The highest BCUT2D eigenvalue weighted by atomic mass is 16.4. The number of carboxylic acid groups (broad SMARTS) is 2. The van der Waals surface area contributed by atoms with Gasteiger partial charge in [-0.1, -0.05) is 13.8 Å². The fourth-order valence-corrected chi connectivity index (χ4v) is 6.37. The molecule has 2 rings (SSSR count). The van der Waals surface area contributed by atoms with Gasteiger partial charge in [0.25, 0.3) is 0 Å². The number of nitrogens with zero attached hydrogens (tertiary/aromatic N) is 2. The molecule has 2 aromatic heterocycles. The second-order valence-electron chi connectivity index (χ2n) is 15.6. The number of aromatic amines is 2. The Balaban J connectivity index is 2.02. The van der Waals surface area contributed by atoms with Crippen LogP contribution in [0.15, 0.2) is 25.0 Å². The average Bonchev–Trinajstić information content (AvgIpc) is 3.90. The van der Waals surface area contributed by atoms with Gasteiger partial charge in [-0.25, -0.2) is 9.97 Å². The van der Waals surface area contributed by atoms with Gasteiger partial charge < -0.3 is 47.0 Å². The molecule has 0 saturated carbocycles. The number of rotatable bonds is 30. The minimum atomic E-state index is -1.41. The van der Waals surface area contributed by atoms with Crippen molar-refractivity contribution >= 4 is 58.7 Å². The van der Waals surface area contributed by atoms with E-state index >= 15 is 0 Å². The Labute approximate surface area is 352 Å². The molecule has 0 unspecified atom stereocenters. The van der Waals surface area contributed by atoms with Crippen molar-refractivity contribution in [2.24, 2.45) is 35.3 Å². The predicted molar refractivity (Wildman–Crippen MR) is 214 cm³/mol. The number of carboxylic acids is 2. The number of aromatic nitrogens is 4. The largest absolute Gasteiger partial charge is 0.481 e. The maximum atomic E-state index is 13.5. The minimum Gasteiger partial charge on any atom is -0.481 e. The first kappa shape index (κ1) is 51.0. The molecule has 10 N–H and O–H groups in total. The average molecular weight is 859 g/mol. The zero-order valence-electron chi connectivity index (χ0n) is 35.0. The minimum absolute atomic E-state index is 0.127. The molecule has 0 aliphatic rings. The van der Waals surface area contributed by atoms with Gasteiger partial charge in [-0.3, -0.25) is 47.9 Å². The number of imidazole rings is 2. The number of carbonyl (C=O) groups excluding carboxylic acids is 8. The molecule has 0 saturated heterocycles. The third kappa shape index (κ3) is 18.0. The first-order chi connectivity index (χ1) is 28.6. The molecule has 4 amide bonds. The summed E-state index contributed by atoms with van der Waals surface area (Å²) in [5.41, 5.74) is 6.53. The van der Waals surface area contributed by atoms with Crippen LogP contribution in [0.25, 0.3) is 0 Å². The summed E-state index contributed by atoms with van der Waals surface area (Å²) in [5, 5.41) is 36.3. The molecule has 0 aromatic carbocycles. The predicted octanol–water partition coefficient (Wildman–Crippen LogP) is -0.0345. The first-order valence-electron chi connectivity index (χ1n) is 20.0. The Hall–Kier alpha value is -6.12. The summed E-state index contributed by atoms with van der Waals surface area (Å²) in [5.74, 6) is -12.8. The molecule has 2 heterocycles. The maximum Gasteiger partial charge on any atom is 0.303 e. The topological polar surface area (TPSA) is 351 Å². The van der Waals surface area contributed by atoms with Crippen LogP contribution < -0.4 is 21.7 Å². The van der Waals surface area contributed by atoms with Crippen LogP contribution in [0.5, 0.6) is 0 Å². The summed E-state index contributed by atoms with van der Waals surface area (Å²) in [6, 6.07) is -3.61. The molecule has 2 aromatic rings. The Morgan fingerprint density at radius 3 is 1.59 bits per heavy atom. The highest BCUT2D eigenvalue weighted by Crippen LogP contribution is 2.20. The van der Waals surface area contributed by atoms with Crippen molar-refractivity contribution in [3.8, 4) is 0 Å².